The number of carbonyl (C=O) groups is 1. The zero-order valence-corrected chi connectivity index (χ0v) is 17.4. The number of fused-ring (bicyclic) bond motifs is 1. The Kier molecular flexibility index (Phi) is 7.42. The van der Waals surface area contributed by atoms with E-state index in [4.69, 9.17) is 14.2 Å². The van der Waals surface area contributed by atoms with E-state index in [0.717, 1.165) is 15.4 Å². The maximum atomic E-state index is 14.6. The van der Waals surface area contributed by atoms with Crippen molar-refractivity contribution >= 4 is 32.9 Å². The largest absolute Gasteiger partial charge is 0.493 e. The summed E-state index contributed by atoms with van der Waals surface area (Å²) >= 11 is 3.41. The Hall–Kier alpha value is -2.65. The second-order valence-electron chi connectivity index (χ2n) is 6.10. The van der Waals surface area contributed by atoms with Crippen LogP contribution in [0.4, 0.5) is 9.18 Å². The smallest absolute Gasteiger partial charge is 0.406 e. The van der Waals surface area contributed by atoms with Crippen LogP contribution < -0.4 is 10.1 Å². The van der Waals surface area contributed by atoms with E-state index in [1.807, 2.05) is 18.2 Å². The van der Waals surface area contributed by atoms with E-state index < -0.39 is 11.9 Å². The lowest BCUT2D eigenvalue weighted by Crippen LogP contribution is -2.21. The molecule has 29 heavy (non-hydrogen) atoms. The number of aromatic nitrogens is 2. The van der Waals surface area contributed by atoms with Crippen molar-refractivity contribution < 1.29 is 23.4 Å². The molecule has 0 radical (unpaired) electrons. The highest BCUT2D eigenvalue weighted by Gasteiger charge is 2.13. The minimum atomic E-state index is -0.488. The molecule has 0 atom stereocenters. The standard InChI is InChI=1S/C20H21BrFN3O4/c1-23-20(26)29-10-9-27-7-2-8-28-14-4-6-15(17(22)12-14)19-16-5-3-13(21)11-18(16)24-25-19/h3-6,11-12H,2,7-10H2,1H3,(H,23,26)(H,24,25). The molecular weight excluding hydrogens is 445 g/mol. The van der Waals surface area contributed by atoms with Gasteiger partial charge in [0.05, 0.1) is 18.7 Å². The molecule has 0 bridgehead atoms. The van der Waals surface area contributed by atoms with E-state index in [9.17, 15) is 9.18 Å². The number of hydrogen-bond donors (Lipinski definition) is 2. The number of alkyl carbamates (subject to hydrolysis) is 1. The Morgan fingerprint density at radius 1 is 1.17 bits per heavy atom. The SMILES string of the molecule is CNC(=O)OCCOCCCOc1ccc(-c2n[nH]c3cc(Br)ccc23)c(F)c1. The van der Waals surface area contributed by atoms with Crippen LogP contribution in [0.2, 0.25) is 0 Å². The van der Waals surface area contributed by atoms with Crippen molar-refractivity contribution in [1.82, 2.24) is 15.5 Å². The average Bonchev–Trinajstić information content (AvgIpc) is 3.12. The summed E-state index contributed by atoms with van der Waals surface area (Å²) in [5.41, 5.74) is 1.80. The number of amides is 1. The van der Waals surface area contributed by atoms with E-state index >= 15 is 0 Å². The monoisotopic (exact) mass is 465 g/mol. The first-order valence-corrected chi connectivity index (χ1v) is 9.86. The Bertz CT molecular complexity index is 980. The molecule has 1 aromatic heterocycles. The predicted octanol–water partition coefficient (Wildman–Crippen LogP) is 4.27. The van der Waals surface area contributed by atoms with Gasteiger partial charge < -0.3 is 19.5 Å². The summed E-state index contributed by atoms with van der Waals surface area (Å²) < 4.78 is 31.2. The molecule has 2 aromatic carbocycles. The molecule has 154 valence electrons. The number of rotatable bonds is 9. The average molecular weight is 466 g/mol. The molecular formula is C20H21BrFN3O4. The van der Waals surface area contributed by atoms with Gasteiger partial charge in [-0.2, -0.15) is 5.10 Å². The van der Waals surface area contributed by atoms with Gasteiger partial charge in [0.25, 0.3) is 0 Å². The number of H-pyrrole nitrogens is 1. The number of ether oxygens (including phenoxy) is 3. The first kappa shape index (κ1) is 21.1. The minimum Gasteiger partial charge on any atom is -0.493 e. The predicted molar refractivity (Wildman–Crippen MR) is 111 cm³/mol. The summed E-state index contributed by atoms with van der Waals surface area (Å²) in [5.74, 6) is 0.0400. The Balaban J connectivity index is 1.48. The van der Waals surface area contributed by atoms with Gasteiger partial charge in [-0.1, -0.05) is 15.9 Å². The van der Waals surface area contributed by atoms with Crippen LogP contribution in [-0.2, 0) is 9.47 Å². The minimum absolute atomic E-state index is 0.187. The van der Waals surface area contributed by atoms with Crippen molar-refractivity contribution in [3.8, 4) is 17.0 Å². The van der Waals surface area contributed by atoms with Gasteiger partial charge in [0.15, 0.2) is 0 Å². The van der Waals surface area contributed by atoms with Crippen molar-refractivity contribution in [2.75, 3.05) is 33.5 Å². The number of nitrogens with one attached hydrogen (secondary N) is 2. The van der Waals surface area contributed by atoms with Crippen molar-refractivity contribution in [3.63, 3.8) is 0 Å². The van der Waals surface area contributed by atoms with Crippen molar-refractivity contribution in [2.45, 2.75) is 6.42 Å². The molecule has 0 aliphatic heterocycles. The molecule has 2 N–H and O–H groups in total. The van der Waals surface area contributed by atoms with Crippen LogP contribution in [0.5, 0.6) is 5.75 Å². The van der Waals surface area contributed by atoms with Gasteiger partial charge in [-0.3, -0.25) is 5.10 Å². The third-order valence-electron chi connectivity index (χ3n) is 4.09. The second kappa shape index (κ2) is 10.2. The molecule has 0 aliphatic rings. The molecule has 7 nitrogen and oxygen atoms in total. The number of benzene rings is 2. The maximum Gasteiger partial charge on any atom is 0.406 e. The number of aromatic amines is 1. The van der Waals surface area contributed by atoms with Crippen molar-refractivity contribution in [1.29, 1.82) is 0 Å². The molecule has 1 amide bonds. The quantitative estimate of drug-likeness (QED) is 0.460. The molecule has 3 rings (SSSR count). The fourth-order valence-electron chi connectivity index (χ4n) is 2.69. The van der Waals surface area contributed by atoms with E-state index in [1.165, 1.54) is 13.1 Å². The molecule has 1 heterocycles. The second-order valence-corrected chi connectivity index (χ2v) is 7.02. The van der Waals surface area contributed by atoms with Gasteiger partial charge in [0.1, 0.15) is 23.9 Å². The normalized spacial score (nSPS) is 10.9. The van der Waals surface area contributed by atoms with E-state index in [-0.39, 0.29) is 6.61 Å². The van der Waals surface area contributed by atoms with Gasteiger partial charge in [-0.15, -0.1) is 0 Å². The van der Waals surface area contributed by atoms with Crippen LogP contribution in [-0.4, -0.2) is 49.8 Å². The molecule has 0 fully saturated rings. The lowest BCUT2D eigenvalue weighted by atomic mass is 10.1. The van der Waals surface area contributed by atoms with Gasteiger partial charge >= 0.3 is 6.09 Å². The van der Waals surface area contributed by atoms with Crippen LogP contribution in [0, 0.1) is 5.82 Å². The first-order valence-electron chi connectivity index (χ1n) is 9.07. The van der Waals surface area contributed by atoms with Gasteiger partial charge in [0.2, 0.25) is 0 Å². The van der Waals surface area contributed by atoms with E-state index in [2.05, 4.69) is 31.4 Å². The molecule has 9 heteroatoms. The molecule has 3 aromatic rings. The fourth-order valence-corrected chi connectivity index (χ4v) is 3.05. The van der Waals surface area contributed by atoms with Crippen molar-refractivity contribution in [2.24, 2.45) is 0 Å². The van der Waals surface area contributed by atoms with Crippen LogP contribution in [0.3, 0.4) is 0 Å². The first-order chi connectivity index (χ1) is 14.1. The van der Waals surface area contributed by atoms with Crippen LogP contribution in [0.15, 0.2) is 40.9 Å². The summed E-state index contributed by atoms with van der Waals surface area (Å²) in [6.07, 6.45) is 0.139. The van der Waals surface area contributed by atoms with Crippen LogP contribution in [0.25, 0.3) is 22.2 Å². The van der Waals surface area contributed by atoms with E-state index in [1.54, 1.807) is 12.1 Å². The molecule has 0 saturated carbocycles. The number of carbonyl (C=O) groups excluding carboxylic acids is 1. The summed E-state index contributed by atoms with van der Waals surface area (Å²) in [5, 5.41) is 10.4. The Morgan fingerprint density at radius 3 is 2.83 bits per heavy atom. The molecule has 0 aliphatic carbocycles. The van der Waals surface area contributed by atoms with Crippen molar-refractivity contribution in [3.05, 3.63) is 46.7 Å². The zero-order valence-electron chi connectivity index (χ0n) is 15.8. The van der Waals surface area contributed by atoms with Gasteiger partial charge in [-0.25, -0.2) is 9.18 Å². The van der Waals surface area contributed by atoms with Gasteiger partial charge in [-0.05, 0) is 30.3 Å². The topological polar surface area (TPSA) is 85.5 Å². The van der Waals surface area contributed by atoms with Crippen LogP contribution >= 0.6 is 15.9 Å². The molecule has 0 saturated heterocycles. The lowest BCUT2D eigenvalue weighted by Gasteiger charge is -2.09. The van der Waals surface area contributed by atoms with Crippen LogP contribution in [0.1, 0.15) is 6.42 Å². The van der Waals surface area contributed by atoms with E-state index in [0.29, 0.717) is 43.2 Å². The summed E-state index contributed by atoms with van der Waals surface area (Å²) in [6.45, 7) is 1.33. The number of nitrogens with zero attached hydrogens (tertiary/aromatic N) is 1. The third kappa shape index (κ3) is 5.68. The summed E-state index contributed by atoms with van der Waals surface area (Å²) in [4.78, 5) is 10.9. The molecule has 0 unspecified atom stereocenters. The Morgan fingerprint density at radius 2 is 2.03 bits per heavy atom. The summed E-state index contributed by atoms with van der Waals surface area (Å²) in [7, 11) is 1.49. The number of halogens is 2. The third-order valence-corrected chi connectivity index (χ3v) is 4.58. The highest BCUT2D eigenvalue weighted by atomic mass is 79.9. The number of hydrogen-bond acceptors (Lipinski definition) is 5. The molecule has 0 spiro atoms. The fraction of sp³-hybridized carbons (Fsp3) is 0.300. The zero-order chi connectivity index (χ0) is 20.6. The summed E-state index contributed by atoms with van der Waals surface area (Å²) in [6, 6.07) is 10.4. The van der Waals surface area contributed by atoms with Gasteiger partial charge in [0, 0.05) is 41.6 Å². The maximum absolute atomic E-state index is 14.6. The Labute approximate surface area is 175 Å². The highest BCUT2D eigenvalue weighted by molar-refractivity contribution is 9.10. The lowest BCUT2D eigenvalue weighted by molar-refractivity contribution is 0.0678. The highest BCUT2D eigenvalue weighted by Crippen LogP contribution is 2.31.